The van der Waals surface area contributed by atoms with Crippen LogP contribution in [-0.4, -0.2) is 29.6 Å². The Labute approximate surface area is 156 Å². The van der Waals surface area contributed by atoms with Crippen molar-refractivity contribution in [2.45, 2.75) is 52.4 Å². The number of nitrogens with zero attached hydrogens (tertiary/aromatic N) is 1. The molecule has 0 radical (unpaired) electrons. The lowest BCUT2D eigenvalue weighted by Gasteiger charge is -2.32. The number of carbonyl (C=O) groups is 2. The smallest absolute Gasteiger partial charge is 0.169 e. The molecule has 1 aliphatic heterocycles. The molecule has 0 aromatic heterocycles. The maximum absolute atomic E-state index is 12.9. The molecule has 3 heteroatoms. The van der Waals surface area contributed by atoms with Crippen molar-refractivity contribution in [1.29, 1.82) is 0 Å². The van der Waals surface area contributed by atoms with Crippen LogP contribution < -0.4 is 0 Å². The molecular formula is C23H29NO2. The molecule has 0 spiro atoms. The molecule has 2 fully saturated rings. The van der Waals surface area contributed by atoms with Crippen LogP contribution in [0.25, 0.3) is 6.08 Å². The SMILES string of the molecule is CC1(C)CC(=O)C(=C(/C=C/c2ccccc2)N2CCCCCC2)C(=O)C1. The van der Waals surface area contributed by atoms with Crippen molar-refractivity contribution in [3.8, 4) is 0 Å². The molecule has 1 aromatic carbocycles. The summed E-state index contributed by atoms with van der Waals surface area (Å²) in [6.45, 7) is 5.85. The molecule has 3 nitrogen and oxygen atoms in total. The predicted molar refractivity (Wildman–Crippen MR) is 106 cm³/mol. The Morgan fingerprint density at radius 3 is 2.08 bits per heavy atom. The van der Waals surface area contributed by atoms with Crippen molar-refractivity contribution < 1.29 is 9.59 Å². The molecule has 0 N–H and O–H groups in total. The largest absolute Gasteiger partial charge is 0.371 e. The van der Waals surface area contributed by atoms with Gasteiger partial charge in [-0.25, -0.2) is 0 Å². The van der Waals surface area contributed by atoms with Crippen molar-refractivity contribution in [3.05, 3.63) is 53.2 Å². The number of likely N-dealkylation sites (tertiary alicyclic amines) is 1. The number of ketones is 2. The van der Waals surface area contributed by atoms with Crippen molar-refractivity contribution in [1.82, 2.24) is 4.90 Å². The second kappa shape index (κ2) is 8.03. The number of rotatable bonds is 3. The molecule has 0 unspecified atom stereocenters. The van der Waals surface area contributed by atoms with Crippen LogP contribution in [0.1, 0.15) is 57.9 Å². The van der Waals surface area contributed by atoms with Gasteiger partial charge in [-0.1, -0.05) is 63.1 Å². The highest BCUT2D eigenvalue weighted by Gasteiger charge is 2.37. The summed E-state index contributed by atoms with van der Waals surface area (Å²) in [5, 5.41) is 0. The summed E-state index contributed by atoms with van der Waals surface area (Å²) >= 11 is 0. The molecule has 3 rings (SSSR count). The van der Waals surface area contributed by atoms with Crippen LogP contribution in [0.4, 0.5) is 0 Å². The summed E-state index contributed by atoms with van der Waals surface area (Å²) in [5.41, 5.74) is 2.11. The zero-order chi connectivity index (χ0) is 18.6. The van der Waals surface area contributed by atoms with Gasteiger partial charge >= 0.3 is 0 Å². The van der Waals surface area contributed by atoms with Crippen molar-refractivity contribution in [2.24, 2.45) is 5.41 Å². The number of Topliss-reactive ketones (excluding diaryl/α,β-unsaturated/α-hetero) is 2. The Hall–Kier alpha value is -2.16. The Bertz CT molecular complexity index is 698. The van der Waals surface area contributed by atoms with Crippen LogP contribution in [0.15, 0.2) is 47.7 Å². The van der Waals surface area contributed by atoms with Gasteiger partial charge in [-0.05, 0) is 29.9 Å². The number of hydrogen-bond acceptors (Lipinski definition) is 3. The lowest BCUT2D eigenvalue weighted by Crippen LogP contribution is -2.35. The molecule has 1 saturated carbocycles. The summed E-state index contributed by atoms with van der Waals surface area (Å²) in [5.74, 6) is 0.00594. The number of allylic oxidation sites excluding steroid dienone is 2. The molecule has 26 heavy (non-hydrogen) atoms. The van der Waals surface area contributed by atoms with Crippen LogP contribution in [0, 0.1) is 5.41 Å². The van der Waals surface area contributed by atoms with E-state index in [0.29, 0.717) is 18.4 Å². The van der Waals surface area contributed by atoms with E-state index in [1.165, 1.54) is 12.8 Å². The first-order valence-corrected chi connectivity index (χ1v) is 9.75. The monoisotopic (exact) mass is 351 g/mol. The highest BCUT2D eigenvalue weighted by molar-refractivity contribution is 6.23. The number of benzene rings is 1. The average Bonchev–Trinajstić information content (AvgIpc) is 2.86. The van der Waals surface area contributed by atoms with Gasteiger partial charge in [-0.2, -0.15) is 0 Å². The van der Waals surface area contributed by atoms with Gasteiger partial charge in [0, 0.05) is 25.9 Å². The summed E-state index contributed by atoms with van der Waals surface area (Å²) < 4.78 is 0. The molecule has 1 aromatic rings. The fraction of sp³-hybridized carbons (Fsp3) is 0.478. The van der Waals surface area contributed by atoms with E-state index in [1.54, 1.807) is 0 Å². The molecule has 0 amide bonds. The summed E-state index contributed by atoms with van der Waals surface area (Å²) in [7, 11) is 0. The lowest BCUT2D eigenvalue weighted by atomic mass is 9.73. The zero-order valence-corrected chi connectivity index (χ0v) is 16.0. The maximum atomic E-state index is 12.9. The summed E-state index contributed by atoms with van der Waals surface area (Å²) in [6.07, 6.45) is 9.58. The van der Waals surface area contributed by atoms with Crippen LogP contribution in [-0.2, 0) is 9.59 Å². The first-order chi connectivity index (χ1) is 12.5. The minimum Gasteiger partial charge on any atom is -0.371 e. The van der Waals surface area contributed by atoms with Gasteiger partial charge in [0.2, 0.25) is 0 Å². The minimum atomic E-state index is -0.231. The second-order valence-electron chi connectivity index (χ2n) is 8.27. The van der Waals surface area contributed by atoms with Gasteiger partial charge in [0.05, 0.1) is 11.3 Å². The second-order valence-corrected chi connectivity index (χ2v) is 8.27. The molecular weight excluding hydrogens is 322 g/mol. The van der Waals surface area contributed by atoms with Gasteiger partial charge in [0.1, 0.15) is 0 Å². The maximum Gasteiger partial charge on any atom is 0.169 e. The minimum absolute atomic E-state index is 0.00297. The molecule has 0 atom stereocenters. The Balaban J connectivity index is 2.00. The van der Waals surface area contributed by atoms with Crippen LogP contribution in [0.3, 0.4) is 0 Å². The average molecular weight is 351 g/mol. The standard InChI is InChI=1S/C23H29NO2/c1-23(2)16-20(25)22(21(26)17-23)19(24-14-8-3-4-9-15-24)13-12-18-10-6-5-7-11-18/h5-7,10-13H,3-4,8-9,14-17H2,1-2H3/b13-12+. The third-order valence-electron chi connectivity index (χ3n) is 5.27. The third kappa shape index (κ3) is 4.51. The van der Waals surface area contributed by atoms with E-state index in [-0.39, 0.29) is 17.0 Å². The quantitative estimate of drug-likeness (QED) is 0.580. The highest BCUT2D eigenvalue weighted by Crippen LogP contribution is 2.36. The topological polar surface area (TPSA) is 37.4 Å². The predicted octanol–water partition coefficient (Wildman–Crippen LogP) is 4.79. The first-order valence-electron chi connectivity index (χ1n) is 9.75. The lowest BCUT2D eigenvalue weighted by molar-refractivity contribution is -0.127. The van der Waals surface area contributed by atoms with Gasteiger partial charge < -0.3 is 4.90 Å². The van der Waals surface area contributed by atoms with E-state index in [2.05, 4.69) is 4.90 Å². The van der Waals surface area contributed by atoms with Crippen molar-refractivity contribution >= 4 is 17.6 Å². The number of carbonyl (C=O) groups excluding carboxylic acids is 2. The Morgan fingerprint density at radius 1 is 0.923 bits per heavy atom. The molecule has 1 heterocycles. The Morgan fingerprint density at radius 2 is 1.50 bits per heavy atom. The molecule has 2 aliphatic rings. The van der Waals surface area contributed by atoms with E-state index < -0.39 is 0 Å². The fourth-order valence-corrected chi connectivity index (χ4v) is 3.95. The van der Waals surface area contributed by atoms with Crippen LogP contribution >= 0.6 is 0 Å². The van der Waals surface area contributed by atoms with Gasteiger partial charge in [-0.15, -0.1) is 0 Å². The fourth-order valence-electron chi connectivity index (χ4n) is 3.95. The molecule has 1 aliphatic carbocycles. The first kappa shape index (κ1) is 18.6. The van der Waals surface area contributed by atoms with E-state index in [9.17, 15) is 9.59 Å². The van der Waals surface area contributed by atoms with E-state index in [1.807, 2.05) is 56.3 Å². The Kier molecular flexibility index (Phi) is 5.75. The summed E-state index contributed by atoms with van der Waals surface area (Å²) in [4.78, 5) is 28.0. The van der Waals surface area contributed by atoms with E-state index in [0.717, 1.165) is 37.2 Å². The summed E-state index contributed by atoms with van der Waals surface area (Å²) in [6, 6.07) is 10.1. The number of hydrogen-bond donors (Lipinski definition) is 0. The van der Waals surface area contributed by atoms with Crippen LogP contribution in [0.5, 0.6) is 0 Å². The molecule has 1 saturated heterocycles. The third-order valence-corrected chi connectivity index (χ3v) is 5.27. The molecule has 138 valence electrons. The van der Waals surface area contributed by atoms with E-state index >= 15 is 0 Å². The van der Waals surface area contributed by atoms with Gasteiger partial charge in [0.15, 0.2) is 11.6 Å². The van der Waals surface area contributed by atoms with Gasteiger partial charge in [-0.3, -0.25) is 9.59 Å². The van der Waals surface area contributed by atoms with Crippen molar-refractivity contribution in [3.63, 3.8) is 0 Å². The van der Waals surface area contributed by atoms with Crippen LogP contribution in [0.2, 0.25) is 0 Å². The van der Waals surface area contributed by atoms with E-state index in [4.69, 9.17) is 0 Å². The van der Waals surface area contributed by atoms with Crippen molar-refractivity contribution in [2.75, 3.05) is 13.1 Å². The van der Waals surface area contributed by atoms with Gasteiger partial charge in [0.25, 0.3) is 0 Å². The normalized spacial score (nSPS) is 21.2. The zero-order valence-electron chi connectivity index (χ0n) is 16.0. The molecule has 0 bridgehead atoms. The highest BCUT2D eigenvalue weighted by atomic mass is 16.2.